The van der Waals surface area contributed by atoms with Gasteiger partial charge in [-0.15, -0.1) is 11.3 Å². The van der Waals surface area contributed by atoms with Crippen molar-refractivity contribution in [2.45, 2.75) is 33.1 Å². The van der Waals surface area contributed by atoms with Crippen LogP contribution in [0.25, 0.3) is 0 Å². The second kappa shape index (κ2) is 8.88. The number of thiophene rings is 1. The Labute approximate surface area is 167 Å². The summed E-state index contributed by atoms with van der Waals surface area (Å²) in [4.78, 5) is 37.0. The lowest BCUT2D eigenvalue weighted by atomic mass is 10.1. The minimum absolute atomic E-state index is 0.188. The molecule has 1 aliphatic rings. The molecule has 0 spiro atoms. The van der Waals surface area contributed by atoms with Gasteiger partial charge in [-0.25, -0.2) is 4.79 Å². The number of nitrogens with one attached hydrogen (secondary N) is 2. The smallest absolute Gasteiger partial charge is 0.341 e. The third kappa shape index (κ3) is 4.69. The van der Waals surface area contributed by atoms with Crippen molar-refractivity contribution in [1.29, 1.82) is 0 Å². The highest BCUT2D eigenvalue weighted by molar-refractivity contribution is 7.17. The predicted molar refractivity (Wildman–Crippen MR) is 107 cm³/mol. The normalized spacial score (nSPS) is 12.2. The van der Waals surface area contributed by atoms with Crippen molar-refractivity contribution in [3.63, 3.8) is 0 Å². The molecular formula is C20H22N2O5S. The molecule has 1 aromatic heterocycles. The Morgan fingerprint density at radius 1 is 1.18 bits per heavy atom. The van der Waals surface area contributed by atoms with Crippen molar-refractivity contribution in [3.8, 4) is 5.75 Å². The fourth-order valence-electron chi connectivity index (χ4n) is 3.09. The van der Waals surface area contributed by atoms with Gasteiger partial charge in [0.05, 0.1) is 12.2 Å². The molecule has 148 valence electrons. The van der Waals surface area contributed by atoms with Gasteiger partial charge in [0.15, 0.2) is 6.61 Å². The molecule has 0 saturated carbocycles. The first kappa shape index (κ1) is 19.9. The average molecular weight is 402 g/mol. The van der Waals surface area contributed by atoms with E-state index in [1.807, 2.05) is 0 Å². The minimum atomic E-state index is -0.402. The van der Waals surface area contributed by atoms with Crippen LogP contribution in [0.15, 0.2) is 24.3 Å². The van der Waals surface area contributed by atoms with Gasteiger partial charge < -0.3 is 20.1 Å². The van der Waals surface area contributed by atoms with Crippen LogP contribution in [0.3, 0.4) is 0 Å². The van der Waals surface area contributed by atoms with E-state index in [1.165, 1.54) is 18.3 Å². The summed E-state index contributed by atoms with van der Waals surface area (Å²) in [7, 11) is 0. The molecular weight excluding hydrogens is 380 g/mol. The molecule has 0 unspecified atom stereocenters. The molecule has 0 saturated heterocycles. The fraction of sp³-hybridized carbons (Fsp3) is 0.350. The van der Waals surface area contributed by atoms with Crippen molar-refractivity contribution in [2.24, 2.45) is 0 Å². The van der Waals surface area contributed by atoms with E-state index in [4.69, 9.17) is 9.47 Å². The topological polar surface area (TPSA) is 93.7 Å². The van der Waals surface area contributed by atoms with Crippen LogP contribution in [0, 0.1) is 0 Å². The number of esters is 1. The molecule has 0 bridgehead atoms. The second-order valence-corrected chi connectivity index (χ2v) is 7.43. The van der Waals surface area contributed by atoms with Gasteiger partial charge in [0.25, 0.3) is 5.91 Å². The van der Waals surface area contributed by atoms with E-state index >= 15 is 0 Å². The first-order valence-electron chi connectivity index (χ1n) is 9.10. The van der Waals surface area contributed by atoms with Crippen molar-refractivity contribution >= 4 is 39.8 Å². The van der Waals surface area contributed by atoms with Crippen molar-refractivity contribution in [1.82, 2.24) is 0 Å². The van der Waals surface area contributed by atoms with Crippen LogP contribution in [0.5, 0.6) is 5.75 Å². The number of fused-ring (bicyclic) bond motifs is 1. The molecule has 2 amide bonds. The van der Waals surface area contributed by atoms with Crippen LogP contribution in [-0.4, -0.2) is 31.0 Å². The first-order valence-corrected chi connectivity index (χ1v) is 9.91. The standard InChI is InChI=1S/C20H22N2O5S/c1-3-26-20(25)18-15-8-5-9-16(15)28-19(18)22-17(24)11-27-14-7-4-6-13(10-14)21-12(2)23/h4,6-7,10H,3,5,8-9,11H2,1-2H3,(H,21,23)(H,22,24). The molecule has 8 heteroatoms. The Hall–Kier alpha value is -2.87. The second-order valence-electron chi connectivity index (χ2n) is 6.33. The monoisotopic (exact) mass is 402 g/mol. The maximum absolute atomic E-state index is 12.4. The zero-order chi connectivity index (χ0) is 20.1. The zero-order valence-corrected chi connectivity index (χ0v) is 16.6. The first-order chi connectivity index (χ1) is 13.5. The Kier molecular flexibility index (Phi) is 6.30. The summed E-state index contributed by atoms with van der Waals surface area (Å²) in [5, 5.41) is 5.95. The van der Waals surface area contributed by atoms with Gasteiger partial charge in [-0.3, -0.25) is 9.59 Å². The summed E-state index contributed by atoms with van der Waals surface area (Å²) in [6.07, 6.45) is 2.74. The molecule has 2 N–H and O–H groups in total. The molecule has 1 heterocycles. The van der Waals surface area contributed by atoms with Crippen molar-refractivity contribution in [2.75, 3.05) is 23.8 Å². The van der Waals surface area contributed by atoms with E-state index in [0.29, 0.717) is 22.0 Å². The van der Waals surface area contributed by atoms with E-state index in [2.05, 4.69) is 10.6 Å². The Bertz CT molecular complexity index is 906. The van der Waals surface area contributed by atoms with Crippen LogP contribution in [0.2, 0.25) is 0 Å². The lowest BCUT2D eigenvalue weighted by molar-refractivity contribution is -0.118. The highest BCUT2D eigenvalue weighted by atomic mass is 32.1. The number of aryl methyl sites for hydroxylation is 1. The van der Waals surface area contributed by atoms with Gasteiger partial charge in [0.2, 0.25) is 5.91 Å². The minimum Gasteiger partial charge on any atom is -0.484 e. The van der Waals surface area contributed by atoms with E-state index in [-0.39, 0.29) is 25.0 Å². The molecule has 0 aliphatic heterocycles. The van der Waals surface area contributed by atoms with Crippen molar-refractivity contribution in [3.05, 3.63) is 40.3 Å². The molecule has 28 heavy (non-hydrogen) atoms. The van der Waals surface area contributed by atoms with E-state index < -0.39 is 5.97 Å². The molecule has 2 aromatic rings. The van der Waals surface area contributed by atoms with Crippen LogP contribution in [0.4, 0.5) is 10.7 Å². The summed E-state index contributed by atoms with van der Waals surface area (Å²) >= 11 is 1.43. The number of benzene rings is 1. The van der Waals surface area contributed by atoms with E-state index in [1.54, 1.807) is 31.2 Å². The van der Waals surface area contributed by atoms with Crippen LogP contribution in [0.1, 0.15) is 41.1 Å². The van der Waals surface area contributed by atoms with Crippen LogP contribution < -0.4 is 15.4 Å². The number of amides is 2. The number of carbonyl (C=O) groups is 3. The highest BCUT2D eigenvalue weighted by Crippen LogP contribution is 2.39. The lowest BCUT2D eigenvalue weighted by Crippen LogP contribution is -2.21. The number of ether oxygens (including phenoxy) is 2. The largest absolute Gasteiger partial charge is 0.484 e. The Morgan fingerprint density at radius 3 is 2.75 bits per heavy atom. The summed E-state index contributed by atoms with van der Waals surface area (Å²) in [5.41, 5.74) is 2.05. The average Bonchev–Trinajstić information content (AvgIpc) is 3.20. The third-order valence-corrected chi connectivity index (χ3v) is 5.39. The summed E-state index contributed by atoms with van der Waals surface area (Å²) < 4.78 is 10.7. The van der Waals surface area contributed by atoms with Gasteiger partial charge >= 0.3 is 5.97 Å². The summed E-state index contributed by atoms with van der Waals surface area (Å²) in [6, 6.07) is 6.79. The number of rotatable bonds is 7. The van der Waals surface area contributed by atoms with Gasteiger partial charge in [-0.2, -0.15) is 0 Å². The fourth-order valence-corrected chi connectivity index (χ4v) is 4.38. The SMILES string of the molecule is CCOC(=O)c1c(NC(=O)COc2cccc(NC(C)=O)c2)sc2c1CCC2. The van der Waals surface area contributed by atoms with Gasteiger partial charge in [-0.05, 0) is 43.9 Å². The molecule has 0 atom stereocenters. The van der Waals surface area contributed by atoms with Gasteiger partial charge in [0.1, 0.15) is 10.8 Å². The number of hydrogen-bond acceptors (Lipinski definition) is 6. The van der Waals surface area contributed by atoms with Crippen LogP contribution in [-0.2, 0) is 27.2 Å². The Morgan fingerprint density at radius 2 is 2.00 bits per heavy atom. The lowest BCUT2D eigenvalue weighted by Gasteiger charge is -2.10. The molecule has 0 fully saturated rings. The van der Waals surface area contributed by atoms with E-state index in [0.717, 1.165) is 29.7 Å². The molecule has 1 aromatic carbocycles. The molecule has 1 aliphatic carbocycles. The predicted octanol–water partition coefficient (Wildman–Crippen LogP) is 3.39. The van der Waals surface area contributed by atoms with Gasteiger partial charge in [0, 0.05) is 23.6 Å². The van der Waals surface area contributed by atoms with Crippen LogP contribution >= 0.6 is 11.3 Å². The summed E-state index contributed by atoms with van der Waals surface area (Å²) in [5.74, 6) is -0.496. The third-order valence-electron chi connectivity index (χ3n) is 4.18. The van der Waals surface area contributed by atoms with Crippen molar-refractivity contribution < 1.29 is 23.9 Å². The molecule has 0 radical (unpaired) electrons. The van der Waals surface area contributed by atoms with Gasteiger partial charge in [-0.1, -0.05) is 6.07 Å². The zero-order valence-electron chi connectivity index (χ0n) is 15.8. The number of anilines is 2. The van der Waals surface area contributed by atoms with E-state index in [9.17, 15) is 14.4 Å². The maximum Gasteiger partial charge on any atom is 0.341 e. The Balaban J connectivity index is 1.66. The molecule has 3 rings (SSSR count). The summed E-state index contributed by atoms with van der Waals surface area (Å²) in [6.45, 7) is 3.24. The molecule has 7 nitrogen and oxygen atoms in total. The maximum atomic E-state index is 12.4. The highest BCUT2D eigenvalue weighted by Gasteiger charge is 2.28. The number of hydrogen-bond donors (Lipinski definition) is 2. The quantitative estimate of drug-likeness (QED) is 0.693. The number of carbonyl (C=O) groups excluding carboxylic acids is 3.